The van der Waals surface area contributed by atoms with Crippen LogP contribution in [0.15, 0.2) is 53.4 Å². The van der Waals surface area contributed by atoms with Gasteiger partial charge in [-0.2, -0.15) is 0 Å². The monoisotopic (exact) mass is 313 g/mol. The van der Waals surface area contributed by atoms with E-state index < -0.39 is 20.9 Å². The van der Waals surface area contributed by atoms with Crippen molar-refractivity contribution in [2.45, 2.75) is 10.1 Å². The molecule has 2 rings (SSSR count). The highest BCUT2D eigenvalue weighted by Crippen LogP contribution is 2.34. The Morgan fingerprint density at radius 1 is 1.10 bits per heavy atom. The predicted molar refractivity (Wildman–Crippen MR) is 76.8 cm³/mol. The molecule has 2 aromatic rings. The van der Waals surface area contributed by atoms with Gasteiger partial charge in [0, 0.05) is 17.1 Å². The molecular weight excluding hydrogens is 301 g/mol. The minimum absolute atomic E-state index is 0.0555. The van der Waals surface area contributed by atoms with E-state index in [4.69, 9.17) is 17.3 Å². The molecule has 0 amide bonds. The average Bonchev–Trinajstić information content (AvgIpc) is 2.43. The second kappa shape index (κ2) is 5.91. The lowest BCUT2D eigenvalue weighted by molar-refractivity contribution is 0.568. The lowest BCUT2D eigenvalue weighted by Crippen LogP contribution is -2.23. The summed E-state index contributed by atoms with van der Waals surface area (Å²) in [5.74, 6) is -0.674. The Hall–Kier alpha value is -1.43. The molecule has 0 aliphatic rings. The van der Waals surface area contributed by atoms with Gasteiger partial charge in [-0.15, -0.1) is 0 Å². The van der Waals surface area contributed by atoms with Crippen LogP contribution in [-0.2, 0) is 9.84 Å². The maximum Gasteiger partial charge on any atom is 0.186 e. The molecule has 3 nitrogen and oxygen atoms in total. The van der Waals surface area contributed by atoms with E-state index in [2.05, 4.69) is 0 Å². The van der Waals surface area contributed by atoms with Gasteiger partial charge in [0.1, 0.15) is 11.1 Å². The Labute approximate surface area is 122 Å². The van der Waals surface area contributed by atoms with Crippen molar-refractivity contribution in [2.24, 2.45) is 5.73 Å². The van der Waals surface area contributed by atoms with Gasteiger partial charge in [0.25, 0.3) is 0 Å². The summed E-state index contributed by atoms with van der Waals surface area (Å²) in [6.45, 7) is -0.252. The van der Waals surface area contributed by atoms with Gasteiger partial charge in [0.2, 0.25) is 0 Å². The van der Waals surface area contributed by atoms with Crippen molar-refractivity contribution in [3.63, 3.8) is 0 Å². The fraction of sp³-hybridized carbons (Fsp3) is 0.143. The first-order valence-electron chi connectivity index (χ1n) is 5.91. The third-order valence-electron chi connectivity index (χ3n) is 2.98. The van der Waals surface area contributed by atoms with E-state index in [9.17, 15) is 12.8 Å². The molecule has 0 saturated heterocycles. The van der Waals surface area contributed by atoms with Gasteiger partial charge in [-0.05, 0) is 24.3 Å². The minimum Gasteiger partial charge on any atom is -0.329 e. The summed E-state index contributed by atoms with van der Waals surface area (Å²) in [6, 6.07) is 11.8. The standard InChI is InChI=1S/C14H13ClFNO2S/c15-11-7-4-8-12(16)14(11)13(9-17)20(18,19)10-5-2-1-3-6-10/h1-8,13H,9,17H2/t13-/m1/s1. The van der Waals surface area contributed by atoms with Crippen molar-refractivity contribution in [3.8, 4) is 0 Å². The number of rotatable bonds is 4. The summed E-state index contributed by atoms with van der Waals surface area (Å²) in [6.07, 6.45) is 0. The third kappa shape index (κ3) is 2.70. The summed E-state index contributed by atoms with van der Waals surface area (Å²) in [4.78, 5) is 0.0924. The first-order valence-corrected chi connectivity index (χ1v) is 7.84. The fourth-order valence-electron chi connectivity index (χ4n) is 1.99. The summed E-state index contributed by atoms with van der Waals surface area (Å²) >= 11 is 5.94. The molecule has 0 unspecified atom stereocenters. The molecule has 20 heavy (non-hydrogen) atoms. The SMILES string of the molecule is NC[C@H](c1c(F)cccc1Cl)S(=O)(=O)c1ccccc1. The van der Waals surface area contributed by atoms with Gasteiger partial charge in [0.15, 0.2) is 9.84 Å². The van der Waals surface area contributed by atoms with Crippen LogP contribution < -0.4 is 5.73 Å². The zero-order valence-corrected chi connectivity index (χ0v) is 12.0. The topological polar surface area (TPSA) is 60.2 Å². The van der Waals surface area contributed by atoms with Crippen LogP contribution in [0.5, 0.6) is 0 Å². The van der Waals surface area contributed by atoms with Crippen LogP contribution in [0, 0.1) is 5.82 Å². The van der Waals surface area contributed by atoms with Crippen LogP contribution in [0.3, 0.4) is 0 Å². The van der Waals surface area contributed by atoms with E-state index in [0.717, 1.165) is 0 Å². The van der Waals surface area contributed by atoms with Crippen LogP contribution in [0.1, 0.15) is 10.8 Å². The number of hydrogen-bond donors (Lipinski definition) is 1. The molecule has 0 saturated carbocycles. The van der Waals surface area contributed by atoms with Crippen molar-refractivity contribution < 1.29 is 12.8 Å². The van der Waals surface area contributed by atoms with Gasteiger partial charge in [-0.3, -0.25) is 0 Å². The molecule has 106 valence electrons. The lowest BCUT2D eigenvalue weighted by Gasteiger charge is -2.18. The Balaban J connectivity index is 2.59. The van der Waals surface area contributed by atoms with Crippen LogP contribution in [0.2, 0.25) is 5.02 Å². The van der Waals surface area contributed by atoms with Crippen LogP contribution >= 0.6 is 11.6 Å². The molecule has 0 aromatic heterocycles. The van der Waals surface area contributed by atoms with Crippen LogP contribution in [0.25, 0.3) is 0 Å². The zero-order chi connectivity index (χ0) is 14.8. The van der Waals surface area contributed by atoms with Crippen molar-refractivity contribution in [3.05, 3.63) is 64.9 Å². The summed E-state index contributed by atoms with van der Waals surface area (Å²) < 4.78 is 39.1. The summed E-state index contributed by atoms with van der Waals surface area (Å²) in [5, 5.41) is -1.15. The highest BCUT2D eigenvalue weighted by Gasteiger charge is 2.31. The van der Waals surface area contributed by atoms with Crippen molar-refractivity contribution in [2.75, 3.05) is 6.54 Å². The molecule has 0 fully saturated rings. The Bertz CT molecular complexity index is 684. The van der Waals surface area contributed by atoms with Gasteiger partial charge < -0.3 is 5.73 Å². The molecule has 6 heteroatoms. The van der Waals surface area contributed by atoms with E-state index in [-0.39, 0.29) is 22.0 Å². The van der Waals surface area contributed by atoms with E-state index in [1.165, 1.54) is 30.3 Å². The number of sulfone groups is 1. The lowest BCUT2D eigenvalue weighted by atomic mass is 10.1. The van der Waals surface area contributed by atoms with Crippen molar-refractivity contribution >= 4 is 21.4 Å². The predicted octanol–water partition coefficient (Wildman–Crippen LogP) is 2.95. The molecule has 1 atom stereocenters. The Kier molecular flexibility index (Phi) is 4.42. The van der Waals surface area contributed by atoms with E-state index in [0.29, 0.717) is 0 Å². The fourth-order valence-corrected chi connectivity index (χ4v) is 4.02. The summed E-state index contributed by atoms with van der Waals surface area (Å²) in [5.41, 5.74) is 5.48. The van der Waals surface area contributed by atoms with Gasteiger partial charge in [-0.25, -0.2) is 12.8 Å². The zero-order valence-electron chi connectivity index (χ0n) is 10.5. The number of halogens is 2. The molecule has 0 aliphatic carbocycles. The number of nitrogens with two attached hydrogens (primary N) is 1. The molecule has 0 spiro atoms. The maximum atomic E-state index is 13.9. The van der Waals surface area contributed by atoms with Crippen molar-refractivity contribution in [1.29, 1.82) is 0 Å². The Morgan fingerprint density at radius 3 is 2.30 bits per heavy atom. The highest BCUT2D eigenvalue weighted by atomic mass is 35.5. The van der Waals surface area contributed by atoms with E-state index in [1.807, 2.05) is 0 Å². The molecule has 0 aliphatic heterocycles. The quantitative estimate of drug-likeness (QED) is 0.944. The second-order valence-corrected chi connectivity index (χ2v) is 6.76. The molecular formula is C14H13ClFNO2S. The molecule has 2 aromatic carbocycles. The van der Waals surface area contributed by atoms with E-state index in [1.54, 1.807) is 18.2 Å². The highest BCUT2D eigenvalue weighted by molar-refractivity contribution is 7.91. The molecule has 2 N–H and O–H groups in total. The van der Waals surface area contributed by atoms with Gasteiger partial charge in [0.05, 0.1) is 4.90 Å². The molecule has 0 radical (unpaired) electrons. The summed E-state index contributed by atoms with van der Waals surface area (Å²) in [7, 11) is -3.80. The van der Waals surface area contributed by atoms with E-state index >= 15 is 0 Å². The maximum absolute atomic E-state index is 13.9. The van der Waals surface area contributed by atoms with Gasteiger partial charge >= 0.3 is 0 Å². The molecule has 0 bridgehead atoms. The largest absolute Gasteiger partial charge is 0.329 e. The normalized spacial score (nSPS) is 13.2. The molecule has 0 heterocycles. The minimum atomic E-state index is -3.80. The second-order valence-electron chi connectivity index (χ2n) is 4.22. The van der Waals surface area contributed by atoms with Crippen LogP contribution in [-0.4, -0.2) is 15.0 Å². The third-order valence-corrected chi connectivity index (χ3v) is 5.42. The first kappa shape index (κ1) is 15.0. The van der Waals surface area contributed by atoms with Crippen molar-refractivity contribution in [1.82, 2.24) is 0 Å². The first-order chi connectivity index (χ1) is 9.48. The number of benzene rings is 2. The smallest absolute Gasteiger partial charge is 0.186 e. The van der Waals surface area contributed by atoms with Gasteiger partial charge in [-0.1, -0.05) is 35.9 Å². The Morgan fingerprint density at radius 2 is 1.75 bits per heavy atom. The van der Waals surface area contributed by atoms with Crippen LogP contribution in [0.4, 0.5) is 4.39 Å². The number of hydrogen-bond acceptors (Lipinski definition) is 3. The average molecular weight is 314 g/mol.